The summed E-state index contributed by atoms with van der Waals surface area (Å²) in [6, 6.07) is 0. The predicted octanol–water partition coefficient (Wildman–Crippen LogP) is 0.915. The molecule has 0 radical (unpaired) electrons. The second kappa shape index (κ2) is 5.58. The maximum absolute atomic E-state index is 10.8. The van der Waals surface area contributed by atoms with E-state index in [1.54, 1.807) is 0 Å². The SMILES string of the molecule is Nc1ncnc(OCC2CCCCO2)c1[N+](=O)[O-]. The Kier molecular flexibility index (Phi) is 3.88. The molecule has 1 unspecified atom stereocenters. The molecule has 0 amide bonds. The molecule has 1 fully saturated rings. The topological polar surface area (TPSA) is 113 Å². The first-order valence-corrected chi connectivity index (χ1v) is 5.67. The number of nitrogen functional groups attached to an aromatic ring is 1. The Morgan fingerprint density at radius 2 is 2.39 bits per heavy atom. The van der Waals surface area contributed by atoms with E-state index in [2.05, 4.69) is 9.97 Å². The first-order chi connectivity index (χ1) is 8.68. The molecule has 2 heterocycles. The van der Waals surface area contributed by atoms with Crippen molar-refractivity contribution in [2.45, 2.75) is 25.4 Å². The summed E-state index contributed by atoms with van der Waals surface area (Å²) in [5.74, 6) is -0.309. The summed E-state index contributed by atoms with van der Waals surface area (Å²) in [6.07, 6.45) is 4.09. The molecule has 1 aromatic rings. The van der Waals surface area contributed by atoms with Crippen LogP contribution in [0, 0.1) is 10.1 Å². The molecule has 0 aromatic carbocycles. The second-order valence-corrected chi connectivity index (χ2v) is 3.97. The molecule has 1 aliphatic heterocycles. The minimum Gasteiger partial charge on any atom is -0.470 e. The van der Waals surface area contributed by atoms with Gasteiger partial charge in [-0.15, -0.1) is 0 Å². The van der Waals surface area contributed by atoms with Gasteiger partial charge in [0.25, 0.3) is 5.88 Å². The van der Waals surface area contributed by atoms with Gasteiger partial charge in [0, 0.05) is 6.61 Å². The van der Waals surface area contributed by atoms with Crippen LogP contribution in [0.15, 0.2) is 6.33 Å². The number of anilines is 1. The van der Waals surface area contributed by atoms with Crippen molar-refractivity contribution < 1.29 is 14.4 Å². The van der Waals surface area contributed by atoms with Gasteiger partial charge in [-0.1, -0.05) is 0 Å². The van der Waals surface area contributed by atoms with Crippen molar-refractivity contribution >= 4 is 11.5 Å². The van der Waals surface area contributed by atoms with Crippen LogP contribution in [-0.4, -0.2) is 34.2 Å². The molecule has 1 atom stereocenters. The molecule has 1 aromatic heterocycles. The highest BCUT2D eigenvalue weighted by Gasteiger charge is 2.24. The first kappa shape index (κ1) is 12.5. The third kappa shape index (κ3) is 2.83. The van der Waals surface area contributed by atoms with Crippen LogP contribution >= 0.6 is 0 Å². The summed E-state index contributed by atoms with van der Waals surface area (Å²) < 4.78 is 10.8. The fraction of sp³-hybridized carbons (Fsp3) is 0.600. The smallest absolute Gasteiger partial charge is 0.372 e. The molecule has 98 valence electrons. The van der Waals surface area contributed by atoms with Gasteiger partial charge in [-0.25, -0.2) is 4.98 Å². The highest BCUT2D eigenvalue weighted by atomic mass is 16.6. The maximum atomic E-state index is 10.8. The molecule has 1 aliphatic rings. The van der Waals surface area contributed by atoms with Crippen LogP contribution in [0.4, 0.5) is 11.5 Å². The third-order valence-corrected chi connectivity index (χ3v) is 2.68. The summed E-state index contributed by atoms with van der Waals surface area (Å²) in [7, 11) is 0. The molecule has 8 nitrogen and oxygen atoms in total. The van der Waals surface area contributed by atoms with Crippen LogP contribution < -0.4 is 10.5 Å². The van der Waals surface area contributed by atoms with E-state index < -0.39 is 10.6 Å². The van der Waals surface area contributed by atoms with Gasteiger partial charge in [0.15, 0.2) is 0 Å². The van der Waals surface area contributed by atoms with Crippen LogP contribution in [0.1, 0.15) is 19.3 Å². The highest BCUT2D eigenvalue weighted by Crippen LogP contribution is 2.28. The molecule has 0 bridgehead atoms. The number of nitrogens with two attached hydrogens (primary N) is 1. The van der Waals surface area contributed by atoms with E-state index in [9.17, 15) is 10.1 Å². The van der Waals surface area contributed by atoms with Crippen molar-refractivity contribution in [2.75, 3.05) is 18.9 Å². The Hall–Kier alpha value is -1.96. The summed E-state index contributed by atoms with van der Waals surface area (Å²) in [5, 5.41) is 10.8. The van der Waals surface area contributed by atoms with Crippen molar-refractivity contribution in [2.24, 2.45) is 0 Å². The molecule has 8 heteroatoms. The summed E-state index contributed by atoms with van der Waals surface area (Å²) in [4.78, 5) is 17.5. The van der Waals surface area contributed by atoms with Crippen LogP contribution in [-0.2, 0) is 4.74 Å². The first-order valence-electron chi connectivity index (χ1n) is 5.67. The summed E-state index contributed by atoms with van der Waals surface area (Å²) in [6.45, 7) is 0.930. The zero-order chi connectivity index (χ0) is 13.0. The fourth-order valence-electron chi connectivity index (χ4n) is 1.76. The second-order valence-electron chi connectivity index (χ2n) is 3.97. The van der Waals surface area contributed by atoms with E-state index >= 15 is 0 Å². The van der Waals surface area contributed by atoms with Crippen LogP contribution in [0.5, 0.6) is 5.88 Å². The van der Waals surface area contributed by atoms with Crippen molar-refractivity contribution in [1.82, 2.24) is 9.97 Å². The summed E-state index contributed by atoms with van der Waals surface area (Å²) in [5.41, 5.74) is 5.03. The van der Waals surface area contributed by atoms with Gasteiger partial charge in [-0.3, -0.25) is 10.1 Å². The van der Waals surface area contributed by atoms with Crippen molar-refractivity contribution in [1.29, 1.82) is 0 Å². The normalized spacial score (nSPS) is 19.4. The Bertz CT molecular complexity index is 434. The van der Waals surface area contributed by atoms with Crippen LogP contribution in [0.3, 0.4) is 0 Å². The fourth-order valence-corrected chi connectivity index (χ4v) is 1.76. The lowest BCUT2D eigenvalue weighted by molar-refractivity contribution is -0.385. The molecule has 18 heavy (non-hydrogen) atoms. The number of hydrogen-bond acceptors (Lipinski definition) is 7. The highest BCUT2D eigenvalue weighted by molar-refractivity contribution is 5.57. The third-order valence-electron chi connectivity index (χ3n) is 2.68. The monoisotopic (exact) mass is 254 g/mol. The van der Waals surface area contributed by atoms with Gasteiger partial charge in [-0.05, 0) is 19.3 Å². The number of nitro groups is 1. The van der Waals surface area contributed by atoms with Gasteiger partial charge in [-0.2, -0.15) is 4.98 Å². The van der Waals surface area contributed by atoms with Gasteiger partial charge in [0.1, 0.15) is 12.9 Å². The average molecular weight is 254 g/mol. The molecule has 0 spiro atoms. The maximum Gasteiger partial charge on any atom is 0.372 e. The average Bonchev–Trinajstić information content (AvgIpc) is 2.37. The predicted molar refractivity (Wildman–Crippen MR) is 62.2 cm³/mol. The molecule has 0 saturated carbocycles. The Morgan fingerprint density at radius 3 is 3.06 bits per heavy atom. The lowest BCUT2D eigenvalue weighted by atomic mass is 10.1. The zero-order valence-corrected chi connectivity index (χ0v) is 9.74. The van der Waals surface area contributed by atoms with E-state index in [1.165, 1.54) is 0 Å². The minimum atomic E-state index is -0.646. The lowest BCUT2D eigenvalue weighted by Crippen LogP contribution is -2.26. The van der Waals surface area contributed by atoms with Crippen LogP contribution in [0.25, 0.3) is 0 Å². The molecule has 2 N–H and O–H groups in total. The van der Waals surface area contributed by atoms with E-state index in [-0.39, 0.29) is 24.4 Å². The number of rotatable bonds is 4. The van der Waals surface area contributed by atoms with Gasteiger partial charge >= 0.3 is 5.69 Å². The largest absolute Gasteiger partial charge is 0.470 e. The Labute approximate surface area is 103 Å². The standard InChI is InChI=1S/C10H14N4O4/c11-9-8(14(15)16)10(13-6-12-9)18-5-7-3-1-2-4-17-7/h6-7H,1-5H2,(H2,11,12,13). The van der Waals surface area contributed by atoms with E-state index in [0.29, 0.717) is 6.61 Å². The minimum absolute atomic E-state index is 0.0467. The molecule has 0 aliphatic carbocycles. The quantitative estimate of drug-likeness (QED) is 0.627. The Morgan fingerprint density at radius 1 is 1.56 bits per heavy atom. The molecule has 2 rings (SSSR count). The molecular weight excluding hydrogens is 240 g/mol. The number of aromatic nitrogens is 2. The number of ether oxygens (including phenoxy) is 2. The van der Waals surface area contributed by atoms with Crippen molar-refractivity contribution in [3.63, 3.8) is 0 Å². The van der Waals surface area contributed by atoms with E-state index in [0.717, 1.165) is 25.6 Å². The van der Waals surface area contributed by atoms with Crippen molar-refractivity contribution in [3.8, 4) is 5.88 Å². The molecular formula is C10H14N4O4. The van der Waals surface area contributed by atoms with Crippen molar-refractivity contribution in [3.05, 3.63) is 16.4 Å². The van der Waals surface area contributed by atoms with Gasteiger partial charge < -0.3 is 15.2 Å². The van der Waals surface area contributed by atoms with E-state index in [4.69, 9.17) is 15.2 Å². The molecule has 1 saturated heterocycles. The van der Waals surface area contributed by atoms with Crippen LogP contribution in [0.2, 0.25) is 0 Å². The Balaban J connectivity index is 2.04. The van der Waals surface area contributed by atoms with E-state index in [1.807, 2.05) is 0 Å². The van der Waals surface area contributed by atoms with Gasteiger partial charge in [0.05, 0.1) is 11.0 Å². The number of hydrogen-bond donors (Lipinski definition) is 1. The number of nitrogens with zero attached hydrogens (tertiary/aromatic N) is 3. The lowest BCUT2D eigenvalue weighted by Gasteiger charge is -2.22. The summed E-state index contributed by atoms with van der Waals surface area (Å²) >= 11 is 0. The van der Waals surface area contributed by atoms with Gasteiger partial charge in [0.2, 0.25) is 5.82 Å². The zero-order valence-electron chi connectivity index (χ0n) is 9.74.